The lowest BCUT2D eigenvalue weighted by molar-refractivity contribution is -0.131. The summed E-state index contributed by atoms with van der Waals surface area (Å²) in [6.45, 7) is 3.01. The number of carbonyl (C=O) groups excluding carboxylic acids is 2. The second-order valence-electron chi connectivity index (χ2n) is 7.07. The Kier molecular flexibility index (Phi) is 6.63. The number of halogens is 1. The van der Waals surface area contributed by atoms with Crippen molar-refractivity contribution in [1.29, 1.82) is 0 Å². The molecule has 1 atom stereocenters. The molecule has 0 aliphatic carbocycles. The summed E-state index contributed by atoms with van der Waals surface area (Å²) in [4.78, 5) is 25.8. The molecule has 5 nitrogen and oxygen atoms in total. The van der Waals surface area contributed by atoms with Gasteiger partial charge in [0.15, 0.2) is 0 Å². The zero-order valence-corrected chi connectivity index (χ0v) is 16.0. The maximum absolute atomic E-state index is 13.0. The Labute approximate surface area is 164 Å². The van der Waals surface area contributed by atoms with Crippen LogP contribution in [0.25, 0.3) is 0 Å². The van der Waals surface area contributed by atoms with Crippen LogP contribution in [0.3, 0.4) is 0 Å². The van der Waals surface area contributed by atoms with E-state index in [-0.39, 0.29) is 24.2 Å². The number of hydrogen-bond acceptors (Lipinski definition) is 4. The molecule has 1 N–H and O–H groups in total. The standard InChI is InChI=1S/C22H25FN2O3/c1-16-5-11-20(12-6-16)24-15-18(21(26)25-13-14-28-22(25)27)4-2-3-17-7-9-19(23)10-8-17/h5-12,18,24H,2-4,13-15H2,1H3. The van der Waals surface area contributed by atoms with E-state index in [2.05, 4.69) is 5.32 Å². The Morgan fingerprint density at radius 2 is 1.89 bits per heavy atom. The summed E-state index contributed by atoms with van der Waals surface area (Å²) in [6, 6.07) is 14.4. The fourth-order valence-corrected chi connectivity index (χ4v) is 3.24. The molecule has 2 aromatic carbocycles. The number of carbonyl (C=O) groups is 2. The molecule has 0 radical (unpaired) electrons. The van der Waals surface area contributed by atoms with Crippen molar-refractivity contribution in [2.45, 2.75) is 26.2 Å². The monoisotopic (exact) mass is 384 g/mol. The third kappa shape index (κ3) is 5.31. The fraction of sp³-hybridized carbons (Fsp3) is 0.364. The topological polar surface area (TPSA) is 58.6 Å². The van der Waals surface area contributed by atoms with Gasteiger partial charge in [-0.2, -0.15) is 0 Å². The minimum atomic E-state index is -0.566. The van der Waals surface area contributed by atoms with Crippen LogP contribution in [0, 0.1) is 18.7 Å². The highest BCUT2D eigenvalue weighted by atomic mass is 19.1. The Bertz CT molecular complexity index is 806. The Morgan fingerprint density at radius 3 is 2.54 bits per heavy atom. The number of hydrogen-bond donors (Lipinski definition) is 1. The molecule has 1 aliphatic heterocycles. The van der Waals surface area contributed by atoms with Crippen LogP contribution < -0.4 is 5.32 Å². The van der Waals surface area contributed by atoms with Crippen molar-refractivity contribution in [3.8, 4) is 0 Å². The highest BCUT2D eigenvalue weighted by molar-refractivity contribution is 5.94. The molecule has 2 aromatic rings. The first-order chi connectivity index (χ1) is 13.5. The minimum absolute atomic E-state index is 0.207. The molecule has 1 aliphatic rings. The van der Waals surface area contributed by atoms with Crippen molar-refractivity contribution in [2.75, 3.05) is 25.0 Å². The zero-order chi connectivity index (χ0) is 19.9. The lowest BCUT2D eigenvalue weighted by atomic mass is 9.97. The summed E-state index contributed by atoms with van der Waals surface area (Å²) in [6.07, 6.45) is 1.57. The van der Waals surface area contributed by atoms with Crippen molar-refractivity contribution < 1.29 is 18.7 Å². The van der Waals surface area contributed by atoms with Crippen LogP contribution in [0.15, 0.2) is 48.5 Å². The number of rotatable bonds is 8. The highest BCUT2D eigenvalue weighted by Crippen LogP contribution is 2.18. The molecule has 148 valence electrons. The van der Waals surface area contributed by atoms with Crippen LogP contribution in [0.4, 0.5) is 14.9 Å². The summed E-state index contributed by atoms with van der Waals surface area (Å²) in [5, 5.41) is 3.30. The summed E-state index contributed by atoms with van der Waals surface area (Å²) < 4.78 is 17.9. The molecule has 1 heterocycles. The molecule has 0 bridgehead atoms. The van der Waals surface area contributed by atoms with Gasteiger partial charge in [0.2, 0.25) is 5.91 Å². The average Bonchev–Trinajstić information content (AvgIpc) is 3.12. The van der Waals surface area contributed by atoms with Crippen LogP contribution in [0.2, 0.25) is 0 Å². The first-order valence-electron chi connectivity index (χ1n) is 9.56. The van der Waals surface area contributed by atoms with E-state index in [0.29, 0.717) is 19.5 Å². The number of anilines is 1. The molecule has 0 spiro atoms. The second kappa shape index (κ2) is 9.35. The van der Waals surface area contributed by atoms with Crippen LogP contribution in [-0.4, -0.2) is 36.6 Å². The lowest BCUT2D eigenvalue weighted by Crippen LogP contribution is -2.39. The highest BCUT2D eigenvalue weighted by Gasteiger charge is 2.33. The van der Waals surface area contributed by atoms with Gasteiger partial charge in [0.05, 0.1) is 12.5 Å². The predicted octanol–water partition coefficient (Wildman–Crippen LogP) is 4.16. The molecule has 1 saturated heterocycles. The van der Waals surface area contributed by atoms with Gasteiger partial charge in [0, 0.05) is 12.2 Å². The molecule has 0 aromatic heterocycles. The SMILES string of the molecule is Cc1ccc(NCC(CCCc2ccc(F)cc2)C(=O)N2CCOC2=O)cc1. The van der Waals surface area contributed by atoms with Crippen molar-refractivity contribution in [1.82, 2.24) is 4.90 Å². The van der Waals surface area contributed by atoms with E-state index >= 15 is 0 Å². The number of cyclic esters (lactones) is 1. The van der Waals surface area contributed by atoms with Gasteiger partial charge >= 0.3 is 6.09 Å². The molecule has 1 unspecified atom stereocenters. The molecule has 2 amide bonds. The van der Waals surface area contributed by atoms with E-state index in [1.807, 2.05) is 31.2 Å². The van der Waals surface area contributed by atoms with Gasteiger partial charge < -0.3 is 10.1 Å². The van der Waals surface area contributed by atoms with Gasteiger partial charge in [0.25, 0.3) is 0 Å². The van der Waals surface area contributed by atoms with Gasteiger partial charge in [-0.1, -0.05) is 29.8 Å². The number of nitrogens with zero attached hydrogens (tertiary/aromatic N) is 1. The third-order valence-electron chi connectivity index (χ3n) is 4.91. The van der Waals surface area contributed by atoms with Gasteiger partial charge in [-0.3, -0.25) is 4.79 Å². The zero-order valence-electron chi connectivity index (χ0n) is 16.0. The second-order valence-corrected chi connectivity index (χ2v) is 7.07. The van der Waals surface area contributed by atoms with E-state index in [0.717, 1.165) is 29.7 Å². The van der Waals surface area contributed by atoms with E-state index in [1.165, 1.54) is 17.0 Å². The van der Waals surface area contributed by atoms with Gasteiger partial charge in [-0.15, -0.1) is 0 Å². The minimum Gasteiger partial charge on any atom is -0.447 e. The Hall–Kier alpha value is -2.89. The summed E-state index contributed by atoms with van der Waals surface area (Å²) in [5.74, 6) is -0.805. The number of ether oxygens (including phenoxy) is 1. The Morgan fingerprint density at radius 1 is 1.18 bits per heavy atom. The average molecular weight is 384 g/mol. The maximum Gasteiger partial charge on any atom is 0.416 e. The first kappa shape index (κ1) is 19.9. The van der Waals surface area contributed by atoms with Crippen LogP contribution in [0.1, 0.15) is 24.0 Å². The summed E-state index contributed by atoms with van der Waals surface area (Å²) in [5.41, 5.74) is 3.13. The first-order valence-corrected chi connectivity index (χ1v) is 9.56. The number of nitrogens with one attached hydrogen (secondary N) is 1. The molecule has 28 heavy (non-hydrogen) atoms. The number of amides is 2. The number of benzene rings is 2. The van der Waals surface area contributed by atoms with Crippen LogP contribution >= 0.6 is 0 Å². The van der Waals surface area contributed by atoms with Gasteiger partial charge in [-0.05, 0) is 56.0 Å². The van der Waals surface area contributed by atoms with Crippen LogP contribution in [0.5, 0.6) is 0 Å². The molecule has 0 saturated carbocycles. The smallest absolute Gasteiger partial charge is 0.416 e. The molecule has 1 fully saturated rings. The van der Waals surface area contributed by atoms with Crippen molar-refractivity contribution >= 4 is 17.7 Å². The normalized spacial score (nSPS) is 14.6. The largest absolute Gasteiger partial charge is 0.447 e. The predicted molar refractivity (Wildman–Crippen MR) is 106 cm³/mol. The van der Waals surface area contributed by atoms with Gasteiger partial charge in [0.1, 0.15) is 12.4 Å². The summed E-state index contributed by atoms with van der Waals surface area (Å²) >= 11 is 0. The van der Waals surface area contributed by atoms with E-state index in [1.54, 1.807) is 12.1 Å². The molecular weight excluding hydrogens is 359 g/mol. The Balaban J connectivity index is 1.61. The third-order valence-corrected chi connectivity index (χ3v) is 4.91. The quantitative estimate of drug-likeness (QED) is 0.742. The molecule has 3 rings (SSSR count). The van der Waals surface area contributed by atoms with E-state index < -0.39 is 6.09 Å². The van der Waals surface area contributed by atoms with Crippen LogP contribution in [-0.2, 0) is 16.0 Å². The van der Waals surface area contributed by atoms with Crippen molar-refractivity contribution in [3.05, 3.63) is 65.5 Å². The molecular formula is C22H25FN2O3. The van der Waals surface area contributed by atoms with E-state index in [9.17, 15) is 14.0 Å². The lowest BCUT2D eigenvalue weighted by Gasteiger charge is -2.21. The van der Waals surface area contributed by atoms with Gasteiger partial charge in [-0.25, -0.2) is 14.1 Å². The van der Waals surface area contributed by atoms with Crippen molar-refractivity contribution in [3.63, 3.8) is 0 Å². The maximum atomic E-state index is 13.0. The number of aryl methyl sites for hydroxylation is 2. The number of imide groups is 1. The van der Waals surface area contributed by atoms with Crippen molar-refractivity contribution in [2.24, 2.45) is 5.92 Å². The summed E-state index contributed by atoms with van der Waals surface area (Å²) in [7, 11) is 0. The van der Waals surface area contributed by atoms with E-state index in [4.69, 9.17) is 4.74 Å². The fourth-order valence-electron chi connectivity index (χ4n) is 3.24. The molecule has 6 heteroatoms.